The third-order valence-corrected chi connectivity index (χ3v) is 3.95. The van der Waals surface area contributed by atoms with Gasteiger partial charge in [-0.05, 0) is 43.7 Å². The Bertz CT molecular complexity index is 488. The van der Waals surface area contributed by atoms with E-state index >= 15 is 0 Å². The maximum absolute atomic E-state index is 9.18. The molecule has 2 aliphatic rings. The molecule has 0 amide bonds. The zero-order valence-electron chi connectivity index (χ0n) is 10.6. The molecule has 0 radical (unpaired) electrons. The number of hydrogen-bond acceptors (Lipinski definition) is 3. The summed E-state index contributed by atoms with van der Waals surface area (Å²) in [7, 11) is 0. The molecular weight excluding hydrogens is 224 g/mol. The summed E-state index contributed by atoms with van der Waals surface area (Å²) in [5.74, 6) is 0.736. The molecule has 3 heteroatoms. The van der Waals surface area contributed by atoms with Crippen LogP contribution in [0.1, 0.15) is 30.4 Å². The molecule has 1 saturated carbocycles. The molecule has 3 rings (SSSR count). The van der Waals surface area contributed by atoms with Gasteiger partial charge >= 0.3 is 0 Å². The van der Waals surface area contributed by atoms with Gasteiger partial charge in [0.05, 0.1) is 23.4 Å². The molecule has 18 heavy (non-hydrogen) atoms. The molecule has 1 aliphatic carbocycles. The number of benzene rings is 1. The highest BCUT2D eigenvalue weighted by Crippen LogP contribution is 2.40. The van der Waals surface area contributed by atoms with Crippen LogP contribution < -0.4 is 5.32 Å². The number of nitrogens with zero attached hydrogens (tertiary/aromatic N) is 1. The molecule has 0 bridgehead atoms. The molecule has 94 valence electrons. The Kier molecular flexibility index (Phi) is 2.97. The van der Waals surface area contributed by atoms with Crippen molar-refractivity contribution in [3.05, 3.63) is 29.3 Å². The van der Waals surface area contributed by atoms with Gasteiger partial charge in [0, 0.05) is 6.61 Å². The molecule has 0 spiro atoms. The van der Waals surface area contributed by atoms with Crippen molar-refractivity contribution in [2.24, 2.45) is 5.92 Å². The quantitative estimate of drug-likeness (QED) is 0.886. The Morgan fingerprint density at radius 3 is 2.89 bits per heavy atom. The fourth-order valence-corrected chi connectivity index (χ4v) is 2.79. The minimum absolute atomic E-state index is 0.344. The summed E-state index contributed by atoms with van der Waals surface area (Å²) in [4.78, 5) is 0. The smallest absolute Gasteiger partial charge is 0.101 e. The summed E-state index contributed by atoms with van der Waals surface area (Å²) in [5.41, 5.74) is 2.85. The van der Waals surface area contributed by atoms with Crippen LogP contribution in [0.25, 0.3) is 0 Å². The predicted molar refractivity (Wildman–Crippen MR) is 70.4 cm³/mol. The third-order valence-electron chi connectivity index (χ3n) is 3.95. The van der Waals surface area contributed by atoms with Crippen LogP contribution in [-0.4, -0.2) is 18.8 Å². The zero-order valence-corrected chi connectivity index (χ0v) is 10.6. The fourth-order valence-electron chi connectivity index (χ4n) is 2.79. The molecule has 3 nitrogen and oxygen atoms in total. The van der Waals surface area contributed by atoms with Gasteiger partial charge in [-0.2, -0.15) is 5.26 Å². The van der Waals surface area contributed by atoms with Gasteiger partial charge in [0.2, 0.25) is 0 Å². The monoisotopic (exact) mass is 242 g/mol. The van der Waals surface area contributed by atoms with Gasteiger partial charge in [0.1, 0.15) is 6.07 Å². The van der Waals surface area contributed by atoms with Crippen LogP contribution in [-0.2, 0) is 4.74 Å². The number of hydrogen-bond donors (Lipinski definition) is 1. The first-order valence-corrected chi connectivity index (χ1v) is 6.67. The Morgan fingerprint density at radius 2 is 2.17 bits per heavy atom. The highest BCUT2D eigenvalue weighted by molar-refractivity contribution is 5.62. The lowest BCUT2D eigenvalue weighted by Gasteiger charge is -2.22. The highest BCUT2D eigenvalue weighted by atomic mass is 16.5. The van der Waals surface area contributed by atoms with Gasteiger partial charge in [0.15, 0.2) is 0 Å². The van der Waals surface area contributed by atoms with Crippen LogP contribution in [0.5, 0.6) is 0 Å². The molecule has 2 atom stereocenters. The summed E-state index contributed by atoms with van der Waals surface area (Å²) in [6.45, 7) is 2.89. The molecule has 1 aromatic rings. The molecule has 1 aliphatic heterocycles. The van der Waals surface area contributed by atoms with Crippen LogP contribution in [0.3, 0.4) is 0 Å². The van der Waals surface area contributed by atoms with Crippen molar-refractivity contribution < 1.29 is 4.74 Å². The zero-order chi connectivity index (χ0) is 12.5. The van der Waals surface area contributed by atoms with Crippen molar-refractivity contribution in [2.45, 2.75) is 38.3 Å². The Morgan fingerprint density at radius 1 is 1.33 bits per heavy atom. The third kappa shape index (κ3) is 2.09. The van der Waals surface area contributed by atoms with Gasteiger partial charge in [-0.1, -0.05) is 12.1 Å². The average Bonchev–Trinajstić information content (AvgIpc) is 3.12. The number of rotatable bonds is 3. The van der Waals surface area contributed by atoms with E-state index < -0.39 is 0 Å². The first kappa shape index (κ1) is 11.6. The van der Waals surface area contributed by atoms with E-state index in [0.29, 0.717) is 12.1 Å². The van der Waals surface area contributed by atoms with Crippen molar-refractivity contribution in [1.29, 1.82) is 5.26 Å². The van der Waals surface area contributed by atoms with E-state index in [9.17, 15) is 5.26 Å². The fraction of sp³-hybridized carbons (Fsp3) is 0.533. The van der Waals surface area contributed by atoms with Crippen LogP contribution in [0, 0.1) is 24.2 Å². The normalized spacial score (nSPS) is 26.9. The number of nitriles is 1. The molecule has 1 aromatic carbocycles. The van der Waals surface area contributed by atoms with E-state index in [4.69, 9.17) is 4.74 Å². The lowest BCUT2D eigenvalue weighted by Crippen LogP contribution is -2.31. The second-order valence-corrected chi connectivity index (χ2v) is 5.32. The van der Waals surface area contributed by atoms with Crippen molar-refractivity contribution >= 4 is 5.69 Å². The average molecular weight is 242 g/mol. The van der Waals surface area contributed by atoms with Gasteiger partial charge < -0.3 is 10.1 Å². The summed E-state index contributed by atoms with van der Waals surface area (Å²) in [6.07, 6.45) is 3.97. The van der Waals surface area contributed by atoms with Crippen molar-refractivity contribution in [1.82, 2.24) is 0 Å². The summed E-state index contributed by atoms with van der Waals surface area (Å²) in [5, 5.41) is 12.7. The van der Waals surface area contributed by atoms with Gasteiger partial charge in [-0.3, -0.25) is 0 Å². The maximum atomic E-state index is 9.18. The van der Waals surface area contributed by atoms with Crippen molar-refractivity contribution in [3.63, 3.8) is 0 Å². The molecule has 1 N–H and O–H groups in total. The summed E-state index contributed by atoms with van der Waals surface area (Å²) < 4.78 is 5.83. The molecule has 1 heterocycles. The van der Waals surface area contributed by atoms with E-state index in [0.717, 1.165) is 35.8 Å². The van der Waals surface area contributed by atoms with Crippen molar-refractivity contribution in [3.8, 4) is 6.07 Å². The molecule has 0 aromatic heterocycles. The lowest BCUT2D eigenvalue weighted by molar-refractivity contribution is 0.0898. The van der Waals surface area contributed by atoms with E-state index in [-0.39, 0.29) is 0 Å². The standard InChI is InChI=1S/C15H18N2O/c1-10-3-2-4-12(9-16)14(10)17-13-7-8-18-15(13)11-5-6-11/h2-4,11,13,15,17H,5-8H2,1H3. The topological polar surface area (TPSA) is 45.0 Å². The van der Waals surface area contributed by atoms with E-state index in [1.54, 1.807) is 0 Å². The minimum atomic E-state index is 0.344. The van der Waals surface area contributed by atoms with E-state index in [1.807, 2.05) is 25.1 Å². The number of para-hydroxylation sites is 1. The first-order chi connectivity index (χ1) is 8.79. The molecular formula is C15H18N2O. The predicted octanol–water partition coefficient (Wildman–Crippen LogP) is 2.85. The number of aryl methyl sites for hydroxylation is 1. The first-order valence-electron chi connectivity index (χ1n) is 6.67. The Labute approximate surface area is 108 Å². The van der Waals surface area contributed by atoms with Gasteiger partial charge in [0.25, 0.3) is 0 Å². The van der Waals surface area contributed by atoms with Crippen LogP contribution >= 0.6 is 0 Å². The second kappa shape index (κ2) is 4.62. The van der Waals surface area contributed by atoms with Crippen LogP contribution in [0.4, 0.5) is 5.69 Å². The largest absolute Gasteiger partial charge is 0.378 e. The molecule has 2 unspecified atom stereocenters. The molecule has 1 saturated heterocycles. The summed E-state index contributed by atoms with van der Waals surface area (Å²) in [6, 6.07) is 8.49. The number of anilines is 1. The molecule has 2 fully saturated rings. The van der Waals surface area contributed by atoms with E-state index in [1.165, 1.54) is 12.8 Å². The Hall–Kier alpha value is -1.53. The summed E-state index contributed by atoms with van der Waals surface area (Å²) >= 11 is 0. The van der Waals surface area contributed by atoms with Gasteiger partial charge in [-0.25, -0.2) is 0 Å². The minimum Gasteiger partial charge on any atom is -0.378 e. The van der Waals surface area contributed by atoms with Gasteiger partial charge in [-0.15, -0.1) is 0 Å². The number of nitrogens with one attached hydrogen (secondary N) is 1. The maximum Gasteiger partial charge on any atom is 0.101 e. The highest BCUT2D eigenvalue weighted by Gasteiger charge is 2.40. The Balaban J connectivity index is 1.81. The van der Waals surface area contributed by atoms with Crippen molar-refractivity contribution in [2.75, 3.05) is 11.9 Å². The SMILES string of the molecule is Cc1cccc(C#N)c1NC1CCOC1C1CC1. The lowest BCUT2D eigenvalue weighted by atomic mass is 10.0. The number of ether oxygens (including phenoxy) is 1. The second-order valence-electron chi connectivity index (χ2n) is 5.32. The van der Waals surface area contributed by atoms with Crippen LogP contribution in [0.2, 0.25) is 0 Å². The van der Waals surface area contributed by atoms with E-state index in [2.05, 4.69) is 11.4 Å². The van der Waals surface area contributed by atoms with Crippen LogP contribution in [0.15, 0.2) is 18.2 Å².